The van der Waals surface area contributed by atoms with Gasteiger partial charge in [-0.3, -0.25) is 0 Å². The molecular formula is C42H34IO2-. The van der Waals surface area contributed by atoms with E-state index in [0.29, 0.717) is 17.8 Å². The molecule has 9 rings (SSSR count). The quantitative estimate of drug-likeness (QED) is 0.210. The van der Waals surface area contributed by atoms with Gasteiger partial charge in [0, 0.05) is 0 Å². The van der Waals surface area contributed by atoms with E-state index >= 15 is 0 Å². The van der Waals surface area contributed by atoms with Gasteiger partial charge >= 0.3 is 276 Å². The van der Waals surface area contributed by atoms with E-state index < -0.39 is 0 Å². The van der Waals surface area contributed by atoms with Crippen LogP contribution in [0.2, 0.25) is 0 Å². The van der Waals surface area contributed by atoms with E-state index in [1.54, 1.807) is 0 Å². The first-order valence-corrected chi connectivity index (χ1v) is 18.7. The summed E-state index contributed by atoms with van der Waals surface area (Å²) in [6.07, 6.45) is 20.6. The predicted molar refractivity (Wildman–Crippen MR) is 179 cm³/mol. The molecule has 2 aliphatic heterocycles. The Morgan fingerprint density at radius 1 is 0.800 bits per heavy atom. The van der Waals surface area contributed by atoms with Crippen molar-refractivity contribution in [1.82, 2.24) is 0 Å². The summed E-state index contributed by atoms with van der Waals surface area (Å²) >= 11 is -0.169. The second-order valence-corrected chi connectivity index (χ2v) is 15.5. The molecule has 0 saturated heterocycles. The Labute approximate surface area is 274 Å². The Hall–Kier alpha value is -4.09. The molecule has 45 heavy (non-hydrogen) atoms. The molecule has 0 amide bonds. The van der Waals surface area contributed by atoms with Crippen LogP contribution in [0.25, 0.3) is 34.1 Å². The van der Waals surface area contributed by atoms with E-state index in [9.17, 15) is 0 Å². The van der Waals surface area contributed by atoms with Crippen molar-refractivity contribution in [2.24, 2.45) is 17.8 Å². The predicted octanol–water partition coefficient (Wildman–Crippen LogP) is 5.42. The van der Waals surface area contributed by atoms with Crippen LogP contribution in [0.1, 0.15) is 41.7 Å². The molecule has 0 fully saturated rings. The zero-order valence-corrected chi connectivity index (χ0v) is 27.4. The number of benzene rings is 3. The van der Waals surface area contributed by atoms with Crippen molar-refractivity contribution >= 4 is 23.0 Å². The number of ether oxygens (including phenoxy) is 1. The average molecular weight is 698 g/mol. The fourth-order valence-electron chi connectivity index (χ4n) is 7.76. The molecule has 4 unspecified atom stereocenters. The van der Waals surface area contributed by atoms with Crippen molar-refractivity contribution in [2.45, 2.75) is 25.7 Å². The van der Waals surface area contributed by atoms with E-state index in [2.05, 4.69) is 134 Å². The number of allylic oxidation sites excluding steroid dienone is 9. The number of halogens is 1. The summed E-state index contributed by atoms with van der Waals surface area (Å²) < 4.78 is 16.4. The standard InChI is InChI=1S/C42H34IO2/c1-26-10-8-9-15-32(26)31-17-19-39-36(23-31)40-41-34(33-22-29(16-18-38(33)44-41)27-11-4-2-5-12-27)25-35(42(40)45-39)37-24-30(20-21-43-37)28-13-6-3-7-14-28/h2-20,22,24,26,31-32,34H,21,23,25H2,1H3/q-1. The minimum atomic E-state index is -0.169. The average Bonchev–Trinajstić information content (AvgIpc) is 3.66. The first-order chi connectivity index (χ1) is 22.2. The van der Waals surface area contributed by atoms with Crippen molar-refractivity contribution in [1.29, 1.82) is 0 Å². The molecule has 0 saturated carbocycles. The Balaban J connectivity index is 1.21. The summed E-state index contributed by atoms with van der Waals surface area (Å²) in [6, 6.07) is 28.3. The molecule has 3 aromatic carbocycles. The van der Waals surface area contributed by atoms with Gasteiger partial charge in [0.1, 0.15) is 0 Å². The SMILES string of the molecule is CC1C=CC=CC1C1C=Cc2oc3c(c2C1)=C1Oc2ccc(-c4ccccc4)cc2C1CC=3C1=CC(c2ccccc2)=CC[I-]1. The van der Waals surface area contributed by atoms with Crippen molar-refractivity contribution in [3.63, 3.8) is 0 Å². The molecule has 222 valence electrons. The van der Waals surface area contributed by atoms with Crippen molar-refractivity contribution < 1.29 is 30.4 Å². The van der Waals surface area contributed by atoms with Crippen LogP contribution in [0.15, 0.2) is 129 Å². The van der Waals surface area contributed by atoms with Gasteiger partial charge in [0.2, 0.25) is 0 Å². The van der Waals surface area contributed by atoms with Crippen LogP contribution in [-0.4, -0.2) is 4.43 Å². The number of hydrogen-bond acceptors (Lipinski definition) is 2. The molecule has 4 aromatic rings. The van der Waals surface area contributed by atoms with E-state index in [0.717, 1.165) is 40.0 Å². The van der Waals surface area contributed by atoms with Gasteiger partial charge in [0.05, 0.1) is 0 Å². The molecule has 4 atom stereocenters. The van der Waals surface area contributed by atoms with Gasteiger partial charge in [-0.25, -0.2) is 0 Å². The van der Waals surface area contributed by atoms with Gasteiger partial charge in [-0.1, -0.05) is 0 Å². The van der Waals surface area contributed by atoms with Crippen LogP contribution < -0.4 is 36.6 Å². The molecule has 3 aliphatic carbocycles. The Kier molecular flexibility index (Phi) is 6.70. The molecule has 0 bridgehead atoms. The minimum absolute atomic E-state index is 0.169. The molecule has 0 N–H and O–H groups in total. The van der Waals surface area contributed by atoms with Crippen molar-refractivity contribution in [2.75, 3.05) is 4.43 Å². The second-order valence-electron chi connectivity index (χ2n) is 12.7. The summed E-state index contributed by atoms with van der Waals surface area (Å²) in [7, 11) is 0. The van der Waals surface area contributed by atoms with Gasteiger partial charge in [-0.05, 0) is 0 Å². The molecule has 0 spiro atoms. The van der Waals surface area contributed by atoms with Crippen LogP contribution in [-0.2, 0) is 6.42 Å². The van der Waals surface area contributed by atoms with Crippen LogP contribution in [0.3, 0.4) is 0 Å². The molecular weight excluding hydrogens is 663 g/mol. The zero-order chi connectivity index (χ0) is 29.9. The maximum absolute atomic E-state index is 6.90. The fourth-order valence-corrected chi connectivity index (χ4v) is 10.4. The number of hydrogen-bond donors (Lipinski definition) is 0. The monoisotopic (exact) mass is 697 g/mol. The number of rotatable bonds is 4. The summed E-state index contributed by atoms with van der Waals surface area (Å²) in [6.45, 7) is 2.34. The Morgan fingerprint density at radius 3 is 2.42 bits per heavy atom. The number of alkyl halides is 1. The third kappa shape index (κ3) is 4.66. The summed E-state index contributed by atoms with van der Waals surface area (Å²) in [5.74, 6) is 4.72. The van der Waals surface area contributed by atoms with Gasteiger partial charge in [0.25, 0.3) is 0 Å². The molecule has 0 radical (unpaired) electrons. The number of fused-ring (bicyclic) bond motifs is 6. The molecule has 2 nitrogen and oxygen atoms in total. The fraction of sp³-hybridized carbons (Fsp3) is 0.190. The van der Waals surface area contributed by atoms with Crippen LogP contribution in [0.4, 0.5) is 0 Å². The third-order valence-corrected chi connectivity index (χ3v) is 12.8. The summed E-state index contributed by atoms with van der Waals surface area (Å²) in [4.78, 5) is 0. The van der Waals surface area contributed by atoms with Gasteiger partial charge in [-0.2, -0.15) is 0 Å². The molecule has 3 heteroatoms. The summed E-state index contributed by atoms with van der Waals surface area (Å²) in [5, 5.41) is 1.23. The van der Waals surface area contributed by atoms with E-state index in [1.807, 2.05) is 0 Å². The second kappa shape index (κ2) is 11.1. The van der Waals surface area contributed by atoms with E-state index in [4.69, 9.17) is 9.15 Å². The van der Waals surface area contributed by atoms with Gasteiger partial charge < -0.3 is 0 Å². The Morgan fingerprint density at radius 2 is 1.60 bits per heavy atom. The maximum atomic E-state index is 6.90. The van der Waals surface area contributed by atoms with Crippen LogP contribution >= 0.6 is 0 Å². The molecule has 5 aliphatic rings. The summed E-state index contributed by atoms with van der Waals surface area (Å²) in [5.41, 5.74) is 10.2. The van der Waals surface area contributed by atoms with E-state index in [-0.39, 0.29) is 27.1 Å². The molecule has 3 heterocycles. The van der Waals surface area contributed by atoms with E-state index in [1.165, 1.54) is 47.8 Å². The number of furan rings is 1. The Bertz CT molecular complexity index is 2110. The molecule has 1 aromatic heterocycles. The van der Waals surface area contributed by atoms with Crippen molar-refractivity contribution in [3.8, 4) is 16.9 Å². The van der Waals surface area contributed by atoms with Gasteiger partial charge in [-0.15, -0.1) is 0 Å². The van der Waals surface area contributed by atoms with Crippen molar-refractivity contribution in [3.05, 3.63) is 158 Å². The van der Waals surface area contributed by atoms with Crippen LogP contribution in [0.5, 0.6) is 5.75 Å². The zero-order valence-electron chi connectivity index (χ0n) is 25.2. The first kappa shape index (κ1) is 27.2. The third-order valence-electron chi connectivity index (χ3n) is 10.1. The first-order valence-electron chi connectivity index (χ1n) is 16.1. The van der Waals surface area contributed by atoms with Crippen LogP contribution in [0, 0.1) is 17.8 Å². The van der Waals surface area contributed by atoms with Gasteiger partial charge in [0.15, 0.2) is 0 Å². The normalized spacial score (nSPS) is 24.5. The topological polar surface area (TPSA) is 22.4 Å².